The Morgan fingerprint density at radius 3 is 1.07 bits per heavy atom. The molecule has 0 rings (SSSR count). The summed E-state index contributed by atoms with van der Waals surface area (Å²) in [6.07, 6.45) is 2.52. The normalized spacial score (nSPS) is 15.9. The summed E-state index contributed by atoms with van der Waals surface area (Å²) in [5.41, 5.74) is -1.01. The quantitative estimate of drug-likeness (QED) is 0.280. The molecule has 0 aliphatic rings. The third kappa shape index (κ3) is 4.25. The van der Waals surface area contributed by atoms with Crippen molar-refractivity contribution in [3.8, 4) is 0 Å². The van der Waals surface area contributed by atoms with E-state index in [-0.39, 0.29) is 0 Å². The van der Waals surface area contributed by atoms with E-state index in [4.69, 9.17) is 0 Å². The molecule has 0 bridgehead atoms. The fraction of sp³-hybridized carbons (Fsp3) is 0.800. The molecule has 0 N–H and O–H groups in total. The van der Waals surface area contributed by atoms with Crippen molar-refractivity contribution in [2.45, 2.75) is 52.6 Å². The molecule has 0 fully saturated rings. The molecule has 0 amide bonds. The summed E-state index contributed by atoms with van der Waals surface area (Å²) < 4.78 is 1.54. The molecule has 0 aromatic rings. The monoisotopic (exact) mass is 200 g/mol. The van der Waals surface area contributed by atoms with Crippen LogP contribution >= 0.6 is 0 Å². The van der Waals surface area contributed by atoms with Gasteiger partial charge in [0.1, 0.15) is 0 Å². The molecule has 0 saturated carbocycles. The molecular weight excluding hydrogens is 180 g/mol. The van der Waals surface area contributed by atoms with Gasteiger partial charge in [-0.1, -0.05) is 0 Å². The Bertz CT molecular complexity index is 226. The molecule has 0 unspecified atom stereocenters. The minimum atomic E-state index is -0.505. The zero-order valence-corrected chi connectivity index (χ0v) is 9.87. The largest absolute Gasteiger partial charge is 0.623 e. The van der Waals surface area contributed by atoms with Crippen molar-refractivity contribution < 1.29 is 9.48 Å². The highest BCUT2D eigenvalue weighted by atomic mass is 16.5. The summed E-state index contributed by atoms with van der Waals surface area (Å²) in [6.45, 7) is 10.7. The number of hydrogen-bond donors (Lipinski definition) is 0. The minimum absolute atomic E-state index is 0.505. The lowest BCUT2D eigenvalue weighted by Gasteiger charge is -2.19. The molecule has 0 heterocycles. The predicted octanol–water partition coefficient (Wildman–Crippen LogP) is 1.75. The van der Waals surface area contributed by atoms with Crippen LogP contribution in [0.2, 0.25) is 0 Å². The van der Waals surface area contributed by atoms with E-state index >= 15 is 0 Å². The topological polar surface area (TPSA) is 52.1 Å². The fourth-order valence-electron chi connectivity index (χ4n) is 0.568. The van der Waals surface area contributed by atoms with Gasteiger partial charge in [0.05, 0.1) is 0 Å². The first-order valence-corrected chi connectivity index (χ1v) is 4.66. The Labute approximate surface area is 85.7 Å². The van der Waals surface area contributed by atoms with Gasteiger partial charge in [-0.25, -0.2) is 9.48 Å². The van der Waals surface area contributed by atoms with Gasteiger partial charge in [0.15, 0.2) is 11.1 Å². The Hall–Kier alpha value is -1.06. The average Bonchev–Trinajstić information content (AvgIpc) is 1.95. The van der Waals surface area contributed by atoms with Crippen molar-refractivity contribution >= 4 is 12.4 Å². The van der Waals surface area contributed by atoms with E-state index in [1.165, 1.54) is 12.4 Å². The van der Waals surface area contributed by atoms with E-state index in [1.807, 2.05) is 0 Å². The Balaban J connectivity index is 4.73. The Kier molecular flexibility index (Phi) is 3.68. The zero-order valence-electron chi connectivity index (χ0n) is 9.87. The smallest absolute Gasteiger partial charge is 0.240 e. The Morgan fingerprint density at radius 1 is 0.714 bits per heavy atom. The third-order valence-electron chi connectivity index (χ3n) is 1.66. The minimum Gasteiger partial charge on any atom is -0.623 e. The summed E-state index contributed by atoms with van der Waals surface area (Å²) >= 11 is 0. The molecule has 4 nitrogen and oxygen atoms in total. The summed E-state index contributed by atoms with van der Waals surface area (Å²) in [5, 5.41) is 22.7. The summed E-state index contributed by atoms with van der Waals surface area (Å²) in [5.74, 6) is 0. The second kappa shape index (κ2) is 3.98. The molecule has 0 radical (unpaired) electrons. The van der Waals surface area contributed by atoms with Crippen molar-refractivity contribution in [1.82, 2.24) is 0 Å². The maximum Gasteiger partial charge on any atom is 0.240 e. The van der Waals surface area contributed by atoms with Crippen molar-refractivity contribution in [2.75, 3.05) is 0 Å². The van der Waals surface area contributed by atoms with Gasteiger partial charge in [-0.3, -0.25) is 0 Å². The van der Waals surface area contributed by atoms with Crippen LogP contribution < -0.4 is 0 Å². The van der Waals surface area contributed by atoms with Crippen LogP contribution in [0, 0.1) is 10.4 Å². The number of hydroxylamine groups is 2. The van der Waals surface area contributed by atoms with Crippen LogP contribution in [0.1, 0.15) is 41.5 Å². The first-order valence-electron chi connectivity index (χ1n) is 4.66. The number of nitrogens with zero attached hydrogens (tertiary/aromatic N) is 2. The third-order valence-corrected chi connectivity index (χ3v) is 1.66. The first-order chi connectivity index (χ1) is 6.05. The lowest BCUT2D eigenvalue weighted by atomic mass is 10.1. The fourth-order valence-corrected chi connectivity index (χ4v) is 0.568. The molecular formula is C10H20N2O2. The zero-order chi connectivity index (χ0) is 11.6. The molecule has 0 aromatic carbocycles. The summed E-state index contributed by atoms with van der Waals surface area (Å²) in [7, 11) is 0. The van der Waals surface area contributed by atoms with Gasteiger partial charge in [-0.05, 0) is 0 Å². The van der Waals surface area contributed by atoms with Crippen molar-refractivity contribution in [2.24, 2.45) is 0 Å². The second-order valence-corrected chi connectivity index (χ2v) is 5.29. The molecule has 0 saturated heterocycles. The van der Waals surface area contributed by atoms with Crippen LogP contribution in [-0.2, 0) is 0 Å². The number of hydrogen-bond acceptors (Lipinski definition) is 2. The second-order valence-electron chi connectivity index (χ2n) is 5.29. The highest BCUT2D eigenvalue weighted by Crippen LogP contribution is 2.05. The number of rotatable bonds is 1. The van der Waals surface area contributed by atoms with Gasteiger partial charge in [0.2, 0.25) is 12.4 Å². The lowest BCUT2D eigenvalue weighted by molar-refractivity contribution is -0.542. The molecule has 0 atom stereocenters. The molecule has 0 aliphatic carbocycles. The van der Waals surface area contributed by atoms with E-state index in [0.29, 0.717) is 0 Å². The van der Waals surface area contributed by atoms with E-state index in [0.717, 1.165) is 9.48 Å². The van der Waals surface area contributed by atoms with Crippen LogP contribution in [-0.4, -0.2) is 33.0 Å². The van der Waals surface area contributed by atoms with Gasteiger partial charge in [0, 0.05) is 41.5 Å². The van der Waals surface area contributed by atoms with Crippen LogP contribution in [0.4, 0.5) is 0 Å². The van der Waals surface area contributed by atoms with Gasteiger partial charge in [-0.2, -0.15) is 0 Å². The van der Waals surface area contributed by atoms with Crippen LogP contribution in [0.25, 0.3) is 0 Å². The average molecular weight is 200 g/mol. The van der Waals surface area contributed by atoms with Crippen molar-refractivity contribution in [3.05, 3.63) is 10.4 Å². The lowest BCUT2D eigenvalue weighted by Crippen LogP contribution is -2.33. The van der Waals surface area contributed by atoms with E-state index in [9.17, 15) is 10.4 Å². The summed E-state index contributed by atoms with van der Waals surface area (Å²) in [4.78, 5) is 0. The molecule has 0 aromatic heterocycles. The van der Waals surface area contributed by atoms with Gasteiger partial charge in [-0.15, -0.1) is 0 Å². The van der Waals surface area contributed by atoms with E-state index < -0.39 is 11.1 Å². The summed E-state index contributed by atoms with van der Waals surface area (Å²) in [6, 6.07) is 0. The first kappa shape index (κ1) is 12.9. The van der Waals surface area contributed by atoms with Crippen LogP contribution in [0.15, 0.2) is 0 Å². The maximum absolute atomic E-state index is 11.4. The predicted molar refractivity (Wildman–Crippen MR) is 58.9 cm³/mol. The van der Waals surface area contributed by atoms with Crippen molar-refractivity contribution in [1.29, 1.82) is 0 Å². The molecule has 4 heteroatoms. The molecule has 82 valence electrons. The highest BCUT2D eigenvalue weighted by molar-refractivity contribution is 6.11. The molecule has 0 aliphatic heterocycles. The van der Waals surface area contributed by atoms with Gasteiger partial charge in [0.25, 0.3) is 0 Å². The Morgan fingerprint density at radius 2 is 0.929 bits per heavy atom. The van der Waals surface area contributed by atoms with Gasteiger partial charge < -0.3 is 10.4 Å². The molecule has 0 spiro atoms. The van der Waals surface area contributed by atoms with Gasteiger partial charge >= 0.3 is 0 Å². The standard InChI is InChI=1S/C10H20N2O2/c1-9(2,3)11(13)7-8-12(14)10(4,5)6/h7-8H,1-6H3. The van der Waals surface area contributed by atoms with E-state index in [1.54, 1.807) is 41.5 Å². The SMILES string of the molecule is CC(C)(C)[N+]([O-])=CC=[N+]([O-])C(C)(C)C. The molecule has 14 heavy (non-hydrogen) atoms. The van der Waals surface area contributed by atoms with Crippen LogP contribution in [0.3, 0.4) is 0 Å². The van der Waals surface area contributed by atoms with E-state index in [2.05, 4.69) is 0 Å². The van der Waals surface area contributed by atoms with Crippen molar-refractivity contribution in [3.63, 3.8) is 0 Å². The maximum atomic E-state index is 11.4. The highest BCUT2D eigenvalue weighted by Gasteiger charge is 2.20. The van der Waals surface area contributed by atoms with Crippen LogP contribution in [0.5, 0.6) is 0 Å².